The molecule has 2 rings (SSSR count). The number of benzene rings is 1. The summed E-state index contributed by atoms with van der Waals surface area (Å²) in [6.07, 6.45) is 0. The second-order valence-electron chi connectivity index (χ2n) is 3.10. The molecule has 0 aliphatic heterocycles. The fourth-order valence-corrected chi connectivity index (χ4v) is 1.39. The van der Waals surface area contributed by atoms with Crippen LogP contribution in [0.1, 0.15) is 5.76 Å². The van der Waals surface area contributed by atoms with Crippen LogP contribution in [-0.2, 0) is 6.61 Å². The summed E-state index contributed by atoms with van der Waals surface area (Å²) in [6.45, 7) is -0.289. The van der Waals surface area contributed by atoms with Gasteiger partial charge < -0.3 is 14.3 Å². The molecule has 0 fully saturated rings. The van der Waals surface area contributed by atoms with Gasteiger partial charge in [0.2, 0.25) is 0 Å². The number of rotatable bonds is 2. The standard InChI is InChI=1S/C11H10O4/c1-14-7-2-3-9-10(13)4-8(6-12)15-11(9)5-7/h2-5,12H,6H2,1H3. The van der Waals surface area contributed by atoms with Crippen LogP contribution < -0.4 is 10.2 Å². The van der Waals surface area contributed by atoms with Crippen LogP contribution in [0.25, 0.3) is 11.0 Å². The molecule has 15 heavy (non-hydrogen) atoms. The van der Waals surface area contributed by atoms with Gasteiger partial charge in [-0.2, -0.15) is 0 Å². The molecule has 1 aromatic heterocycles. The molecule has 4 heteroatoms. The Morgan fingerprint density at radius 3 is 2.87 bits per heavy atom. The van der Waals surface area contributed by atoms with Crippen molar-refractivity contribution in [2.24, 2.45) is 0 Å². The normalized spacial score (nSPS) is 10.5. The monoisotopic (exact) mass is 206 g/mol. The Morgan fingerprint density at radius 1 is 1.40 bits per heavy atom. The summed E-state index contributed by atoms with van der Waals surface area (Å²) >= 11 is 0. The fraction of sp³-hybridized carbons (Fsp3) is 0.182. The second-order valence-corrected chi connectivity index (χ2v) is 3.10. The van der Waals surface area contributed by atoms with E-state index in [0.717, 1.165) is 0 Å². The Morgan fingerprint density at radius 2 is 2.20 bits per heavy atom. The topological polar surface area (TPSA) is 59.7 Å². The number of hydrogen-bond acceptors (Lipinski definition) is 4. The summed E-state index contributed by atoms with van der Waals surface area (Å²) in [4.78, 5) is 11.5. The molecule has 2 aromatic rings. The van der Waals surface area contributed by atoms with Crippen molar-refractivity contribution in [1.82, 2.24) is 0 Å². The van der Waals surface area contributed by atoms with Crippen LogP contribution in [0, 0.1) is 0 Å². The highest BCUT2D eigenvalue weighted by molar-refractivity contribution is 5.77. The van der Waals surface area contributed by atoms with Crippen LogP contribution in [0.2, 0.25) is 0 Å². The number of methoxy groups -OCH3 is 1. The van der Waals surface area contributed by atoms with Gasteiger partial charge in [0.25, 0.3) is 0 Å². The first-order chi connectivity index (χ1) is 7.24. The Hall–Kier alpha value is -1.81. The molecule has 4 nitrogen and oxygen atoms in total. The van der Waals surface area contributed by atoms with Crippen LogP contribution in [0.5, 0.6) is 5.75 Å². The first-order valence-corrected chi connectivity index (χ1v) is 4.46. The van der Waals surface area contributed by atoms with Gasteiger partial charge in [0, 0.05) is 12.1 Å². The van der Waals surface area contributed by atoms with E-state index in [1.54, 1.807) is 18.2 Å². The molecular weight excluding hydrogens is 196 g/mol. The zero-order chi connectivity index (χ0) is 10.8. The number of fused-ring (bicyclic) bond motifs is 1. The summed E-state index contributed by atoms with van der Waals surface area (Å²) in [5.74, 6) is 0.862. The third-order valence-electron chi connectivity index (χ3n) is 2.14. The third kappa shape index (κ3) is 1.71. The van der Waals surface area contributed by atoms with Gasteiger partial charge in [0.1, 0.15) is 23.7 Å². The van der Waals surface area contributed by atoms with Gasteiger partial charge in [-0.1, -0.05) is 0 Å². The fourth-order valence-electron chi connectivity index (χ4n) is 1.39. The Balaban J connectivity index is 2.75. The zero-order valence-corrected chi connectivity index (χ0v) is 8.19. The minimum atomic E-state index is -0.289. The van der Waals surface area contributed by atoms with Crippen molar-refractivity contribution in [2.75, 3.05) is 7.11 Å². The molecule has 0 atom stereocenters. The van der Waals surface area contributed by atoms with Crippen LogP contribution >= 0.6 is 0 Å². The number of aliphatic hydroxyl groups is 1. The molecule has 78 valence electrons. The van der Waals surface area contributed by atoms with Crippen molar-refractivity contribution < 1.29 is 14.3 Å². The zero-order valence-electron chi connectivity index (χ0n) is 8.19. The van der Waals surface area contributed by atoms with Crippen LogP contribution in [0.4, 0.5) is 0 Å². The predicted octanol–water partition coefficient (Wildman–Crippen LogP) is 1.29. The molecule has 0 aliphatic carbocycles. The van der Waals surface area contributed by atoms with Gasteiger partial charge in [-0.3, -0.25) is 4.79 Å². The van der Waals surface area contributed by atoms with E-state index >= 15 is 0 Å². The Labute approximate surface area is 85.7 Å². The molecule has 0 bridgehead atoms. The summed E-state index contributed by atoms with van der Waals surface area (Å²) in [5.41, 5.74) is 0.258. The maximum atomic E-state index is 11.5. The van der Waals surface area contributed by atoms with E-state index < -0.39 is 0 Å². The molecule has 0 radical (unpaired) electrons. The van der Waals surface area contributed by atoms with Crippen LogP contribution in [-0.4, -0.2) is 12.2 Å². The number of aliphatic hydroxyl groups excluding tert-OH is 1. The van der Waals surface area contributed by atoms with Crippen molar-refractivity contribution in [1.29, 1.82) is 0 Å². The lowest BCUT2D eigenvalue weighted by atomic mass is 10.2. The molecule has 0 unspecified atom stereocenters. The summed E-state index contributed by atoms with van der Waals surface area (Å²) in [6, 6.07) is 6.24. The summed E-state index contributed by atoms with van der Waals surface area (Å²) in [7, 11) is 1.54. The lowest BCUT2D eigenvalue weighted by molar-refractivity contribution is 0.248. The van der Waals surface area contributed by atoms with Gasteiger partial charge in [0.15, 0.2) is 5.43 Å². The molecule has 1 heterocycles. The quantitative estimate of drug-likeness (QED) is 0.804. The first kappa shape index (κ1) is 9.73. The largest absolute Gasteiger partial charge is 0.497 e. The summed E-state index contributed by atoms with van der Waals surface area (Å²) in [5, 5.41) is 9.36. The average Bonchev–Trinajstić information content (AvgIpc) is 2.28. The molecule has 1 aromatic carbocycles. The predicted molar refractivity (Wildman–Crippen MR) is 55.0 cm³/mol. The second kappa shape index (κ2) is 3.74. The lowest BCUT2D eigenvalue weighted by Gasteiger charge is -2.02. The average molecular weight is 206 g/mol. The molecular formula is C11H10O4. The first-order valence-electron chi connectivity index (χ1n) is 4.46. The van der Waals surface area contributed by atoms with E-state index in [0.29, 0.717) is 16.7 Å². The molecule has 0 saturated carbocycles. The Bertz CT molecular complexity index is 537. The van der Waals surface area contributed by atoms with Gasteiger partial charge in [-0.15, -0.1) is 0 Å². The third-order valence-corrected chi connectivity index (χ3v) is 2.14. The van der Waals surface area contributed by atoms with E-state index in [1.807, 2.05) is 0 Å². The molecule has 0 saturated heterocycles. The summed E-state index contributed by atoms with van der Waals surface area (Å²) < 4.78 is 10.3. The molecule has 0 spiro atoms. The molecule has 0 amide bonds. The molecule has 0 aliphatic rings. The SMILES string of the molecule is COc1ccc2c(=O)cc(CO)oc2c1. The van der Waals surface area contributed by atoms with Crippen molar-refractivity contribution in [3.05, 3.63) is 40.2 Å². The molecule has 1 N–H and O–H groups in total. The van der Waals surface area contributed by atoms with Crippen LogP contribution in [0.3, 0.4) is 0 Å². The lowest BCUT2D eigenvalue weighted by Crippen LogP contribution is -2.02. The van der Waals surface area contributed by atoms with Gasteiger partial charge in [0.05, 0.1) is 12.5 Å². The van der Waals surface area contributed by atoms with Crippen molar-refractivity contribution >= 4 is 11.0 Å². The number of hydrogen-bond donors (Lipinski definition) is 1. The minimum absolute atomic E-state index is 0.164. The van der Waals surface area contributed by atoms with E-state index in [4.69, 9.17) is 14.3 Å². The highest BCUT2D eigenvalue weighted by Gasteiger charge is 2.04. The Kier molecular flexibility index (Phi) is 2.43. The van der Waals surface area contributed by atoms with Crippen molar-refractivity contribution in [3.63, 3.8) is 0 Å². The van der Waals surface area contributed by atoms with Crippen molar-refractivity contribution in [2.45, 2.75) is 6.61 Å². The van der Waals surface area contributed by atoms with E-state index in [-0.39, 0.29) is 17.8 Å². The number of ether oxygens (including phenoxy) is 1. The maximum absolute atomic E-state index is 11.5. The van der Waals surface area contributed by atoms with E-state index in [2.05, 4.69) is 0 Å². The van der Waals surface area contributed by atoms with Crippen LogP contribution in [0.15, 0.2) is 33.5 Å². The highest BCUT2D eigenvalue weighted by Crippen LogP contribution is 2.19. The highest BCUT2D eigenvalue weighted by atomic mass is 16.5. The smallest absolute Gasteiger partial charge is 0.193 e. The van der Waals surface area contributed by atoms with Gasteiger partial charge in [-0.05, 0) is 12.1 Å². The maximum Gasteiger partial charge on any atom is 0.193 e. The van der Waals surface area contributed by atoms with E-state index in [1.165, 1.54) is 13.2 Å². The van der Waals surface area contributed by atoms with Gasteiger partial charge >= 0.3 is 0 Å². The van der Waals surface area contributed by atoms with Crippen molar-refractivity contribution in [3.8, 4) is 5.75 Å². The van der Waals surface area contributed by atoms with E-state index in [9.17, 15) is 4.79 Å². The minimum Gasteiger partial charge on any atom is -0.497 e. The van der Waals surface area contributed by atoms with Gasteiger partial charge in [-0.25, -0.2) is 0 Å².